The Balaban J connectivity index is 2.05. The van der Waals surface area contributed by atoms with Crippen LogP contribution in [0.25, 0.3) is 0 Å². The molecule has 0 nitrogen and oxygen atoms in total. The second-order valence-electron chi connectivity index (χ2n) is 9.78. The minimum Gasteiger partial charge on any atom is -0.0810 e. The topological polar surface area (TPSA) is 0 Å². The second kappa shape index (κ2) is 9.11. The lowest BCUT2D eigenvalue weighted by Crippen LogP contribution is -2.18. The van der Waals surface area contributed by atoms with E-state index in [4.69, 9.17) is 0 Å². The van der Waals surface area contributed by atoms with Crippen molar-refractivity contribution in [2.45, 2.75) is 100 Å². The van der Waals surface area contributed by atoms with Crippen LogP contribution in [0.4, 0.5) is 0 Å². The summed E-state index contributed by atoms with van der Waals surface area (Å²) in [7, 11) is 0. The van der Waals surface area contributed by atoms with E-state index in [1.54, 1.807) is 11.1 Å². The quantitative estimate of drug-likeness (QED) is 0.325. The molecule has 7 atom stereocenters. The summed E-state index contributed by atoms with van der Waals surface area (Å²) < 4.78 is 0. The fourth-order valence-electron chi connectivity index (χ4n) is 5.58. The predicted molar refractivity (Wildman–Crippen MR) is 117 cm³/mol. The normalized spacial score (nSPS) is 34.5. The highest BCUT2D eigenvalue weighted by Gasteiger charge is 2.54. The van der Waals surface area contributed by atoms with Crippen molar-refractivity contribution >= 4 is 0 Å². The molecule has 2 rings (SSSR count). The lowest BCUT2D eigenvalue weighted by molar-refractivity contribution is 0.298. The van der Waals surface area contributed by atoms with Crippen molar-refractivity contribution in [3.8, 4) is 0 Å². The zero-order valence-electron chi connectivity index (χ0n) is 19.1. The van der Waals surface area contributed by atoms with Crippen molar-refractivity contribution in [2.75, 3.05) is 0 Å². The maximum absolute atomic E-state index is 2.72. The van der Waals surface area contributed by atoms with E-state index in [9.17, 15) is 0 Å². The van der Waals surface area contributed by atoms with Gasteiger partial charge in [0.25, 0.3) is 0 Å². The van der Waals surface area contributed by atoms with Crippen LogP contribution in [0.2, 0.25) is 0 Å². The Hall–Kier alpha value is -0.520. The second-order valence-corrected chi connectivity index (χ2v) is 9.78. The number of hydrogen-bond acceptors (Lipinski definition) is 0. The zero-order chi connectivity index (χ0) is 19.5. The van der Waals surface area contributed by atoms with Gasteiger partial charge in [-0.1, -0.05) is 91.5 Å². The lowest BCUT2D eigenvalue weighted by atomic mass is 9.78. The third-order valence-electron chi connectivity index (χ3n) is 8.33. The summed E-state index contributed by atoms with van der Waals surface area (Å²) in [4.78, 5) is 0. The minimum atomic E-state index is 0.652. The molecule has 150 valence electrons. The maximum atomic E-state index is 2.72. The first-order chi connectivity index (χ1) is 12.3. The molecule has 2 fully saturated rings. The van der Waals surface area contributed by atoms with Crippen LogP contribution in [0.3, 0.4) is 0 Å². The minimum absolute atomic E-state index is 0.652. The van der Waals surface area contributed by atoms with Crippen LogP contribution in [0.1, 0.15) is 100 Å². The van der Waals surface area contributed by atoms with E-state index in [0.717, 1.165) is 35.5 Å². The SMILES string of the molecule is CCCC1(C(C=C2CC2C=C(CC)C(C)C(C)C(C)CC)CC)CC1C. The number of rotatable bonds is 11. The monoisotopic (exact) mass is 358 g/mol. The first-order valence-corrected chi connectivity index (χ1v) is 11.8. The summed E-state index contributed by atoms with van der Waals surface area (Å²) in [6, 6.07) is 0. The summed E-state index contributed by atoms with van der Waals surface area (Å²) >= 11 is 0. The molecule has 0 aromatic heterocycles. The summed E-state index contributed by atoms with van der Waals surface area (Å²) in [5.74, 6) is 4.88. The van der Waals surface area contributed by atoms with Crippen molar-refractivity contribution in [3.05, 3.63) is 23.3 Å². The first kappa shape index (κ1) is 21.8. The lowest BCUT2D eigenvalue weighted by Gasteiger charge is -2.27. The standard InChI is InChI=1S/C26H46/c1-9-13-26(17-19(26)6)25(12-4)16-24-15-23(24)14-22(11-3)21(8)20(7)18(5)10-2/h14,16,18-21,23,25H,9-13,15,17H2,1-8H3. The molecule has 0 aromatic carbocycles. The smallest absolute Gasteiger partial charge is 0.00173 e. The Kier molecular flexibility index (Phi) is 7.63. The van der Waals surface area contributed by atoms with Crippen molar-refractivity contribution in [2.24, 2.45) is 40.9 Å². The molecule has 26 heavy (non-hydrogen) atoms. The van der Waals surface area contributed by atoms with Gasteiger partial charge in [0, 0.05) is 5.92 Å². The Bertz CT molecular complexity index is 510. The van der Waals surface area contributed by atoms with Gasteiger partial charge < -0.3 is 0 Å². The number of allylic oxidation sites excluding steroid dienone is 4. The van der Waals surface area contributed by atoms with Gasteiger partial charge >= 0.3 is 0 Å². The predicted octanol–water partition coefficient (Wildman–Crippen LogP) is 8.44. The third kappa shape index (κ3) is 4.66. The molecule has 2 saturated carbocycles. The van der Waals surface area contributed by atoms with Gasteiger partial charge in [0.2, 0.25) is 0 Å². The zero-order valence-corrected chi connectivity index (χ0v) is 19.1. The van der Waals surface area contributed by atoms with Gasteiger partial charge in [-0.2, -0.15) is 0 Å². The van der Waals surface area contributed by atoms with Crippen LogP contribution in [0.15, 0.2) is 23.3 Å². The maximum Gasteiger partial charge on any atom is 0.00173 e. The summed E-state index contributed by atoms with van der Waals surface area (Å²) in [5, 5.41) is 0. The van der Waals surface area contributed by atoms with E-state index in [1.165, 1.54) is 44.9 Å². The third-order valence-corrected chi connectivity index (χ3v) is 8.33. The van der Waals surface area contributed by atoms with Gasteiger partial charge in [0.15, 0.2) is 0 Å². The van der Waals surface area contributed by atoms with Gasteiger partial charge in [-0.3, -0.25) is 0 Å². The van der Waals surface area contributed by atoms with E-state index < -0.39 is 0 Å². The molecule has 0 aliphatic heterocycles. The average molecular weight is 359 g/mol. The van der Waals surface area contributed by atoms with E-state index in [1.807, 2.05) is 0 Å². The largest absolute Gasteiger partial charge is 0.0810 e. The van der Waals surface area contributed by atoms with Gasteiger partial charge in [0.1, 0.15) is 0 Å². The van der Waals surface area contributed by atoms with Crippen molar-refractivity contribution < 1.29 is 0 Å². The molecular weight excluding hydrogens is 312 g/mol. The van der Waals surface area contributed by atoms with Crippen LogP contribution < -0.4 is 0 Å². The van der Waals surface area contributed by atoms with E-state index in [2.05, 4.69) is 67.5 Å². The fraction of sp³-hybridized carbons (Fsp3) is 0.846. The molecule has 2 aliphatic carbocycles. The average Bonchev–Trinajstić information content (AvgIpc) is 3.53. The van der Waals surface area contributed by atoms with Gasteiger partial charge in [-0.25, -0.2) is 0 Å². The summed E-state index contributed by atoms with van der Waals surface area (Å²) in [6.07, 6.45) is 14.8. The highest BCUT2D eigenvalue weighted by molar-refractivity contribution is 5.33. The Morgan fingerprint density at radius 2 is 1.77 bits per heavy atom. The molecular formula is C26H46. The van der Waals surface area contributed by atoms with Crippen molar-refractivity contribution in [3.63, 3.8) is 0 Å². The molecule has 0 bridgehead atoms. The van der Waals surface area contributed by atoms with Crippen LogP contribution >= 0.6 is 0 Å². The van der Waals surface area contributed by atoms with Crippen LogP contribution in [0, 0.1) is 40.9 Å². The molecule has 0 radical (unpaired) electrons. The molecule has 0 N–H and O–H groups in total. The van der Waals surface area contributed by atoms with Crippen LogP contribution in [-0.4, -0.2) is 0 Å². The van der Waals surface area contributed by atoms with Crippen LogP contribution in [-0.2, 0) is 0 Å². The van der Waals surface area contributed by atoms with Gasteiger partial charge in [-0.05, 0) is 67.1 Å². The van der Waals surface area contributed by atoms with Crippen molar-refractivity contribution in [1.82, 2.24) is 0 Å². The Morgan fingerprint density at radius 3 is 2.23 bits per heavy atom. The van der Waals surface area contributed by atoms with Gasteiger partial charge in [-0.15, -0.1) is 0 Å². The molecule has 0 amide bonds. The van der Waals surface area contributed by atoms with E-state index >= 15 is 0 Å². The molecule has 7 unspecified atom stereocenters. The molecule has 0 aromatic rings. The molecule has 0 heteroatoms. The fourth-order valence-corrected chi connectivity index (χ4v) is 5.58. The molecule has 0 saturated heterocycles. The van der Waals surface area contributed by atoms with E-state index in [-0.39, 0.29) is 0 Å². The molecule has 0 heterocycles. The molecule has 2 aliphatic rings. The summed E-state index contributed by atoms with van der Waals surface area (Å²) in [6.45, 7) is 19.3. The summed E-state index contributed by atoms with van der Waals surface area (Å²) in [5.41, 5.74) is 4.11. The Labute approximate surface area is 164 Å². The number of hydrogen-bond donors (Lipinski definition) is 0. The highest BCUT2D eigenvalue weighted by atomic mass is 14.6. The first-order valence-electron chi connectivity index (χ1n) is 11.8. The van der Waals surface area contributed by atoms with Gasteiger partial charge in [0.05, 0.1) is 0 Å². The Morgan fingerprint density at radius 1 is 1.12 bits per heavy atom. The molecule has 0 spiro atoms. The van der Waals surface area contributed by atoms with Crippen molar-refractivity contribution in [1.29, 1.82) is 0 Å². The van der Waals surface area contributed by atoms with Crippen LogP contribution in [0.5, 0.6) is 0 Å². The van der Waals surface area contributed by atoms with E-state index in [0.29, 0.717) is 5.41 Å². The highest BCUT2D eigenvalue weighted by Crippen LogP contribution is 2.62.